The molecular formula is C15H19N5O3S. The fourth-order valence-corrected chi connectivity index (χ4v) is 3.56. The predicted octanol–water partition coefficient (Wildman–Crippen LogP) is 1.90. The van der Waals surface area contributed by atoms with Crippen LogP contribution in [0.15, 0.2) is 21.9 Å². The van der Waals surface area contributed by atoms with E-state index in [1.165, 1.54) is 16.7 Å². The molecule has 0 bridgehead atoms. The summed E-state index contributed by atoms with van der Waals surface area (Å²) in [6.07, 6.45) is 1.62. The molecule has 1 fully saturated rings. The third-order valence-electron chi connectivity index (χ3n) is 3.89. The summed E-state index contributed by atoms with van der Waals surface area (Å²) in [7, 11) is 0. The molecule has 1 atom stereocenters. The van der Waals surface area contributed by atoms with Crippen LogP contribution in [0.25, 0.3) is 11.4 Å². The lowest BCUT2D eigenvalue weighted by molar-refractivity contribution is -0.126. The minimum Gasteiger partial charge on any atom is -0.469 e. The number of imide groups is 1. The normalized spacial score (nSPS) is 15.6. The lowest BCUT2D eigenvalue weighted by Crippen LogP contribution is -2.39. The maximum absolute atomic E-state index is 12.4. The molecule has 8 nitrogen and oxygen atoms in total. The zero-order chi connectivity index (χ0) is 17.3. The van der Waals surface area contributed by atoms with Gasteiger partial charge in [0.25, 0.3) is 0 Å². The number of carbonyl (C=O) groups is 2. The van der Waals surface area contributed by atoms with Crippen LogP contribution in [-0.2, 0) is 11.3 Å². The minimum atomic E-state index is -0.429. The molecular weight excluding hydrogens is 330 g/mol. The zero-order valence-corrected chi connectivity index (χ0v) is 14.6. The van der Waals surface area contributed by atoms with E-state index in [0.717, 1.165) is 11.3 Å². The number of nitrogens with zero attached hydrogens (tertiary/aromatic N) is 4. The van der Waals surface area contributed by atoms with Crippen molar-refractivity contribution in [3.63, 3.8) is 0 Å². The number of carbonyl (C=O) groups excluding carboxylic acids is 2. The number of furan rings is 1. The van der Waals surface area contributed by atoms with Gasteiger partial charge in [-0.05, 0) is 26.8 Å². The SMILES string of the molecule is CCn1c(S[C@H](C)C(=O)N2CCNC2=O)nnc1-c1ccoc1C. The highest BCUT2D eigenvalue weighted by atomic mass is 32.2. The van der Waals surface area contributed by atoms with Crippen LogP contribution in [0.1, 0.15) is 19.6 Å². The van der Waals surface area contributed by atoms with E-state index in [-0.39, 0.29) is 11.9 Å². The number of urea groups is 1. The largest absolute Gasteiger partial charge is 0.469 e. The third kappa shape index (κ3) is 2.91. The Kier molecular flexibility index (Phi) is 4.61. The lowest BCUT2D eigenvalue weighted by Gasteiger charge is -2.17. The van der Waals surface area contributed by atoms with E-state index in [1.807, 2.05) is 24.5 Å². The summed E-state index contributed by atoms with van der Waals surface area (Å²) in [5.41, 5.74) is 0.883. The Morgan fingerprint density at radius 3 is 2.88 bits per heavy atom. The number of aromatic nitrogens is 3. The Labute approximate surface area is 143 Å². The zero-order valence-electron chi connectivity index (χ0n) is 13.8. The van der Waals surface area contributed by atoms with Crippen molar-refractivity contribution in [2.24, 2.45) is 0 Å². The van der Waals surface area contributed by atoms with Gasteiger partial charge in [-0.1, -0.05) is 11.8 Å². The Balaban J connectivity index is 1.80. The highest BCUT2D eigenvalue weighted by Crippen LogP contribution is 2.29. The summed E-state index contributed by atoms with van der Waals surface area (Å²) in [5, 5.41) is 11.3. The van der Waals surface area contributed by atoms with Crippen LogP contribution >= 0.6 is 11.8 Å². The van der Waals surface area contributed by atoms with Crippen molar-refractivity contribution < 1.29 is 14.0 Å². The number of hydrogen-bond donors (Lipinski definition) is 1. The summed E-state index contributed by atoms with van der Waals surface area (Å²) in [5.74, 6) is 1.26. The van der Waals surface area contributed by atoms with E-state index in [4.69, 9.17) is 4.42 Å². The van der Waals surface area contributed by atoms with Crippen molar-refractivity contribution >= 4 is 23.7 Å². The van der Waals surface area contributed by atoms with Crippen molar-refractivity contribution in [1.82, 2.24) is 25.0 Å². The molecule has 3 heterocycles. The monoisotopic (exact) mass is 349 g/mol. The molecule has 1 saturated heterocycles. The summed E-state index contributed by atoms with van der Waals surface area (Å²) in [6, 6.07) is 1.52. The Hall–Kier alpha value is -2.29. The van der Waals surface area contributed by atoms with Crippen LogP contribution in [0.2, 0.25) is 0 Å². The molecule has 9 heteroatoms. The van der Waals surface area contributed by atoms with Crippen LogP contribution in [0, 0.1) is 6.92 Å². The van der Waals surface area contributed by atoms with Gasteiger partial charge in [-0.3, -0.25) is 9.69 Å². The quantitative estimate of drug-likeness (QED) is 0.829. The van der Waals surface area contributed by atoms with Crippen molar-refractivity contribution in [1.29, 1.82) is 0 Å². The Morgan fingerprint density at radius 1 is 1.50 bits per heavy atom. The number of hydrogen-bond acceptors (Lipinski definition) is 6. The van der Waals surface area contributed by atoms with Crippen LogP contribution in [0.4, 0.5) is 4.79 Å². The summed E-state index contributed by atoms with van der Waals surface area (Å²) in [4.78, 5) is 25.3. The Bertz CT molecular complexity index is 769. The number of thioether (sulfide) groups is 1. The van der Waals surface area contributed by atoms with Crippen molar-refractivity contribution in [3.8, 4) is 11.4 Å². The van der Waals surface area contributed by atoms with Gasteiger partial charge < -0.3 is 14.3 Å². The van der Waals surface area contributed by atoms with Gasteiger partial charge in [0, 0.05) is 19.6 Å². The first-order valence-corrected chi connectivity index (χ1v) is 8.64. The molecule has 1 N–H and O–H groups in total. The average molecular weight is 349 g/mol. The second kappa shape index (κ2) is 6.68. The first-order chi connectivity index (χ1) is 11.5. The lowest BCUT2D eigenvalue weighted by atomic mass is 10.2. The maximum atomic E-state index is 12.4. The van der Waals surface area contributed by atoms with Gasteiger partial charge >= 0.3 is 6.03 Å². The second-order valence-corrected chi connectivity index (χ2v) is 6.73. The van der Waals surface area contributed by atoms with E-state index >= 15 is 0 Å². The number of rotatable bonds is 5. The Morgan fingerprint density at radius 2 is 2.29 bits per heavy atom. The van der Waals surface area contributed by atoms with Crippen molar-refractivity contribution in [3.05, 3.63) is 18.1 Å². The van der Waals surface area contributed by atoms with Crippen molar-refractivity contribution in [2.45, 2.75) is 37.7 Å². The number of amides is 3. The van der Waals surface area contributed by atoms with Crippen LogP contribution in [0.3, 0.4) is 0 Å². The van der Waals surface area contributed by atoms with Crippen LogP contribution < -0.4 is 5.32 Å². The van der Waals surface area contributed by atoms with Crippen LogP contribution in [0.5, 0.6) is 0 Å². The van der Waals surface area contributed by atoms with Gasteiger partial charge in [-0.25, -0.2) is 4.79 Å². The van der Waals surface area contributed by atoms with Crippen LogP contribution in [-0.4, -0.2) is 49.9 Å². The van der Waals surface area contributed by atoms with E-state index in [9.17, 15) is 9.59 Å². The molecule has 1 aliphatic rings. The molecule has 128 valence electrons. The molecule has 24 heavy (non-hydrogen) atoms. The molecule has 0 aliphatic carbocycles. The molecule has 0 aromatic carbocycles. The molecule has 2 aromatic heterocycles. The number of nitrogens with one attached hydrogen (secondary N) is 1. The third-order valence-corrected chi connectivity index (χ3v) is 4.95. The van der Waals surface area contributed by atoms with Crippen molar-refractivity contribution in [2.75, 3.05) is 13.1 Å². The van der Waals surface area contributed by atoms with Gasteiger partial charge in [-0.2, -0.15) is 0 Å². The van der Waals surface area contributed by atoms with Gasteiger partial charge in [0.05, 0.1) is 17.1 Å². The van der Waals surface area contributed by atoms with E-state index < -0.39 is 5.25 Å². The highest BCUT2D eigenvalue weighted by molar-refractivity contribution is 8.00. The summed E-state index contributed by atoms with van der Waals surface area (Å²) in [6.45, 7) is 7.21. The molecule has 2 aromatic rings. The molecule has 3 amide bonds. The molecule has 0 saturated carbocycles. The average Bonchev–Trinajstić information content (AvgIpc) is 3.26. The molecule has 1 aliphatic heterocycles. The fraction of sp³-hybridized carbons (Fsp3) is 0.467. The highest BCUT2D eigenvalue weighted by Gasteiger charge is 2.31. The van der Waals surface area contributed by atoms with Gasteiger partial charge in [0.15, 0.2) is 11.0 Å². The van der Waals surface area contributed by atoms with Gasteiger partial charge in [-0.15, -0.1) is 10.2 Å². The standard InChI is InChI=1S/C15H19N5O3S/c1-4-19-12(11-5-8-23-9(11)2)17-18-15(19)24-10(3)13(21)20-7-6-16-14(20)22/h5,8,10H,4,6-7H2,1-3H3,(H,16,22)/t10-/m1/s1. The smallest absolute Gasteiger partial charge is 0.324 e. The topological polar surface area (TPSA) is 93.3 Å². The van der Waals surface area contributed by atoms with E-state index in [1.54, 1.807) is 13.2 Å². The molecule has 0 unspecified atom stereocenters. The van der Waals surface area contributed by atoms with Gasteiger partial charge in [0.2, 0.25) is 5.91 Å². The summed E-state index contributed by atoms with van der Waals surface area (Å²) < 4.78 is 7.27. The molecule has 0 spiro atoms. The molecule has 0 radical (unpaired) electrons. The molecule has 3 rings (SSSR count). The predicted molar refractivity (Wildman–Crippen MR) is 88.6 cm³/mol. The summed E-state index contributed by atoms with van der Waals surface area (Å²) >= 11 is 1.30. The number of aryl methyl sites for hydroxylation is 1. The minimum absolute atomic E-state index is 0.221. The second-order valence-electron chi connectivity index (χ2n) is 5.42. The maximum Gasteiger partial charge on any atom is 0.324 e. The van der Waals surface area contributed by atoms with E-state index in [0.29, 0.717) is 30.6 Å². The fourth-order valence-electron chi connectivity index (χ4n) is 2.59. The van der Waals surface area contributed by atoms with Gasteiger partial charge in [0.1, 0.15) is 5.76 Å². The first kappa shape index (κ1) is 16.6. The van der Waals surface area contributed by atoms with E-state index in [2.05, 4.69) is 15.5 Å². The first-order valence-electron chi connectivity index (χ1n) is 7.76.